The van der Waals surface area contributed by atoms with Gasteiger partial charge >= 0.3 is 0 Å². The number of benzene rings is 1. The Kier molecular flexibility index (Phi) is 3.62. The van der Waals surface area contributed by atoms with E-state index >= 15 is 0 Å². The molecule has 0 aliphatic carbocycles. The van der Waals surface area contributed by atoms with Crippen LogP contribution >= 0.6 is 0 Å². The number of primary amides is 1. The number of nitrogens with two attached hydrogens (primary N) is 2. The summed E-state index contributed by atoms with van der Waals surface area (Å²) in [4.78, 5) is 14.7. The molecule has 18 heavy (non-hydrogen) atoms. The number of nitrogens with one attached hydrogen (secondary N) is 1. The van der Waals surface area contributed by atoms with Gasteiger partial charge in [0, 0.05) is 47.5 Å². The van der Waals surface area contributed by atoms with Gasteiger partial charge in [0.2, 0.25) is 5.91 Å². The minimum atomic E-state index is -0.277. The Bertz CT molecular complexity index is 568. The van der Waals surface area contributed by atoms with Crippen LogP contribution in [0.3, 0.4) is 0 Å². The molecule has 0 radical (unpaired) electrons. The van der Waals surface area contributed by atoms with Crippen LogP contribution < -0.4 is 16.8 Å². The maximum atomic E-state index is 10.6. The molecule has 1 amide bonds. The highest BCUT2D eigenvalue weighted by Gasteiger charge is 2.03. The van der Waals surface area contributed by atoms with Gasteiger partial charge in [-0.25, -0.2) is 0 Å². The summed E-state index contributed by atoms with van der Waals surface area (Å²) >= 11 is 0. The van der Waals surface area contributed by atoms with Crippen molar-refractivity contribution in [2.45, 2.75) is 12.8 Å². The van der Waals surface area contributed by atoms with Crippen molar-refractivity contribution >= 4 is 28.1 Å². The molecule has 0 saturated heterocycles. The Morgan fingerprint density at radius 1 is 1.28 bits per heavy atom. The van der Waals surface area contributed by atoms with Crippen molar-refractivity contribution in [1.29, 1.82) is 0 Å². The van der Waals surface area contributed by atoms with Gasteiger partial charge in [0.25, 0.3) is 0 Å². The standard InChI is InChI=1S/C13H16N4O/c14-11-3-4-12(17-6-1-2-13(15)18)10-8-16-7-5-9(10)11/h3-5,7-8,17H,1-2,6,14H2,(H2,15,18). The number of nitrogens with zero attached hydrogens (tertiary/aromatic N) is 1. The molecule has 0 aliphatic rings. The first-order valence-electron chi connectivity index (χ1n) is 5.83. The molecule has 0 aliphatic heterocycles. The summed E-state index contributed by atoms with van der Waals surface area (Å²) in [6, 6.07) is 5.67. The minimum Gasteiger partial charge on any atom is -0.398 e. The van der Waals surface area contributed by atoms with Gasteiger partial charge in [-0.3, -0.25) is 9.78 Å². The molecule has 0 bridgehead atoms. The zero-order valence-corrected chi connectivity index (χ0v) is 10.0. The van der Waals surface area contributed by atoms with E-state index in [1.165, 1.54) is 0 Å². The molecular weight excluding hydrogens is 228 g/mol. The fourth-order valence-electron chi connectivity index (χ4n) is 1.85. The van der Waals surface area contributed by atoms with Crippen LogP contribution in [0.15, 0.2) is 30.6 Å². The van der Waals surface area contributed by atoms with Gasteiger partial charge in [0.05, 0.1) is 0 Å². The predicted octanol–water partition coefficient (Wildman–Crippen LogP) is 1.49. The molecule has 1 heterocycles. The first-order chi connectivity index (χ1) is 8.68. The van der Waals surface area contributed by atoms with Crippen LogP contribution in [0, 0.1) is 0 Å². The number of rotatable bonds is 5. The molecular formula is C13H16N4O. The number of aromatic nitrogens is 1. The van der Waals surface area contributed by atoms with Crippen molar-refractivity contribution < 1.29 is 4.79 Å². The second kappa shape index (κ2) is 5.35. The highest BCUT2D eigenvalue weighted by Crippen LogP contribution is 2.27. The number of carbonyl (C=O) groups is 1. The zero-order valence-electron chi connectivity index (χ0n) is 10.0. The van der Waals surface area contributed by atoms with E-state index in [0.717, 1.165) is 22.1 Å². The Balaban J connectivity index is 2.14. The molecule has 0 saturated carbocycles. The van der Waals surface area contributed by atoms with Crippen LogP contribution in [0.5, 0.6) is 0 Å². The van der Waals surface area contributed by atoms with Gasteiger partial charge in [-0.15, -0.1) is 0 Å². The number of fused-ring (bicyclic) bond motifs is 1. The van der Waals surface area contributed by atoms with Gasteiger partial charge in [-0.05, 0) is 24.6 Å². The van der Waals surface area contributed by atoms with E-state index in [1.807, 2.05) is 18.2 Å². The number of amides is 1. The van der Waals surface area contributed by atoms with Gasteiger partial charge in [-0.1, -0.05) is 0 Å². The van der Waals surface area contributed by atoms with Gasteiger partial charge in [0.1, 0.15) is 0 Å². The minimum absolute atomic E-state index is 0.277. The van der Waals surface area contributed by atoms with Crippen molar-refractivity contribution in [1.82, 2.24) is 4.98 Å². The van der Waals surface area contributed by atoms with Crippen molar-refractivity contribution in [2.24, 2.45) is 5.73 Å². The smallest absolute Gasteiger partial charge is 0.217 e. The Hall–Kier alpha value is -2.30. The third kappa shape index (κ3) is 2.68. The number of pyridine rings is 1. The first kappa shape index (κ1) is 12.2. The molecule has 1 aromatic heterocycles. The third-order valence-electron chi connectivity index (χ3n) is 2.77. The summed E-state index contributed by atoms with van der Waals surface area (Å²) in [5.41, 5.74) is 12.7. The summed E-state index contributed by atoms with van der Waals surface area (Å²) in [6.07, 6.45) is 4.59. The van der Waals surface area contributed by atoms with Crippen LogP contribution in [0.25, 0.3) is 10.8 Å². The molecule has 1 aromatic carbocycles. The van der Waals surface area contributed by atoms with Crippen LogP contribution in [0.2, 0.25) is 0 Å². The summed E-state index contributed by atoms with van der Waals surface area (Å²) in [7, 11) is 0. The van der Waals surface area contributed by atoms with Gasteiger partial charge < -0.3 is 16.8 Å². The van der Waals surface area contributed by atoms with Crippen LogP contribution in [0.4, 0.5) is 11.4 Å². The van der Waals surface area contributed by atoms with Crippen LogP contribution in [-0.2, 0) is 4.79 Å². The quantitative estimate of drug-likeness (QED) is 0.548. The number of nitrogen functional groups attached to an aromatic ring is 1. The maximum Gasteiger partial charge on any atom is 0.217 e. The molecule has 94 valence electrons. The van der Waals surface area contributed by atoms with Gasteiger partial charge in [-0.2, -0.15) is 0 Å². The zero-order chi connectivity index (χ0) is 13.0. The SMILES string of the molecule is NC(=O)CCCNc1ccc(N)c2ccncc12. The number of hydrogen-bond donors (Lipinski definition) is 3. The van der Waals surface area contributed by atoms with Crippen molar-refractivity contribution in [3.05, 3.63) is 30.6 Å². The molecule has 2 rings (SSSR count). The maximum absolute atomic E-state index is 10.6. The van der Waals surface area contributed by atoms with E-state index in [4.69, 9.17) is 11.5 Å². The summed E-state index contributed by atoms with van der Waals surface area (Å²) < 4.78 is 0. The molecule has 5 nitrogen and oxygen atoms in total. The van der Waals surface area contributed by atoms with Crippen molar-refractivity contribution in [2.75, 3.05) is 17.6 Å². The van der Waals surface area contributed by atoms with E-state index in [0.29, 0.717) is 19.4 Å². The second-order valence-electron chi connectivity index (χ2n) is 4.12. The van der Waals surface area contributed by atoms with Crippen molar-refractivity contribution in [3.63, 3.8) is 0 Å². The lowest BCUT2D eigenvalue weighted by Gasteiger charge is -2.10. The molecule has 5 heteroatoms. The highest BCUT2D eigenvalue weighted by atomic mass is 16.1. The lowest BCUT2D eigenvalue weighted by molar-refractivity contribution is -0.118. The van der Waals surface area contributed by atoms with E-state index in [9.17, 15) is 4.79 Å². The summed E-state index contributed by atoms with van der Waals surface area (Å²) in [5.74, 6) is -0.277. The Morgan fingerprint density at radius 3 is 2.89 bits per heavy atom. The van der Waals surface area contributed by atoms with Crippen LogP contribution in [-0.4, -0.2) is 17.4 Å². The fraction of sp³-hybridized carbons (Fsp3) is 0.231. The average molecular weight is 244 g/mol. The number of hydrogen-bond acceptors (Lipinski definition) is 4. The Morgan fingerprint density at radius 2 is 2.11 bits per heavy atom. The fourth-order valence-corrected chi connectivity index (χ4v) is 1.85. The molecule has 2 aromatic rings. The lowest BCUT2D eigenvalue weighted by Crippen LogP contribution is -2.12. The second-order valence-corrected chi connectivity index (χ2v) is 4.12. The lowest BCUT2D eigenvalue weighted by atomic mass is 10.1. The number of carbonyl (C=O) groups excluding carboxylic acids is 1. The van der Waals surface area contributed by atoms with E-state index in [1.54, 1.807) is 12.4 Å². The molecule has 0 fully saturated rings. The third-order valence-corrected chi connectivity index (χ3v) is 2.77. The van der Waals surface area contributed by atoms with E-state index < -0.39 is 0 Å². The largest absolute Gasteiger partial charge is 0.398 e. The van der Waals surface area contributed by atoms with Gasteiger partial charge in [0.15, 0.2) is 0 Å². The normalized spacial score (nSPS) is 10.4. The first-order valence-corrected chi connectivity index (χ1v) is 5.83. The van der Waals surface area contributed by atoms with E-state index in [-0.39, 0.29) is 5.91 Å². The number of anilines is 2. The predicted molar refractivity (Wildman–Crippen MR) is 73.1 cm³/mol. The van der Waals surface area contributed by atoms with Crippen LogP contribution in [0.1, 0.15) is 12.8 Å². The molecule has 5 N–H and O–H groups in total. The summed E-state index contributed by atoms with van der Waals surface area (Å²) in [5, 5.41) is 5.23. The van der Waals surface area contributed by atoms with E-state index in [2.05, 4.69) is 10.3 Å². The Labute approximate surface area is 105 Å². The highest BCUT2D eigenvalue weighted by molar-refractivity contribution is 6.00. The topological polar surface area (TPSA) is 94.0 Å². The summed E-state index contributed by atoms with van der Waals surface area (Å²) in [6.45, 7) is 0.691. The molecule has 0 spiro atoms. The van der Waals surface area contributed by atoms with Crippen molar-refractivity contribution in [3.8, 4) is 0 Å². The average Bonchev–Trinajstić information content (AvgIpc) is 2.37. The molecule has 0 unspecified atom stereocenters. The molecule has 0 atom stereocenters. The monoisotopic (exact) mass is 244 g/mol.